The maximum atomic E-state index is 9.11. The van der Waals surface area contributed by atoms with Crippen LogP contribution in [0.2, 0.25) is 0 Å². The van der Waals surface area contributed by atoms with E-state index in [9.17, 15) is 0 Å². The van der Waals surface area contributed by atoms with Crippen molar-refractivity contribution >= 4 is 0 Å². The Labute approximate surface area is 74.6 Å². The Morgan fingerprint density at radius 3 is 2.33 bits per heavy atom. The van der Waals surface area contributed by atoms with Gasteiger partial charge in [0.15, 0.2) is 0 Å². The van der Waals surface area contributed by atoms with Gasteiger partial charge in [0.25, 0.3) is 0 Å². The van der Waals surface area contributed by atoms with Gasteiger partial charge in [0, 0.05) is 13.1 Å². The highest BCUT2D eigenvalue weighted by Gasteiger charge is 2.09. The van der Waals surface area contributed by atoms with Crippen LogP contribution in [0.4, 0.5) is 0 Å². The lowest BCUT2D eigenvalue weighted by Gasteiger charge is -2.22. The van der Waals surface area contributed by atoms with Gasteiger partial charge in [0.1, 0.15) is 0 Å². The molecule has 12 heavy (non-hydrogen) atoms. The standard InChI is InChI=1S/C9H18N2O/c1-4-11(7-9(3)12)6-8(2)5-10/h8-9,12H,4,6-7H2,1-3H3/t8?,9-/m0/s1. The Morgan fingerprint density at radius 1 is 1.42 bits per heavy atom. The molecule has 3 nitrogen and oxygen atoms in total. The zero-order valence-corrected chi connectivity index (χ0v) is 8.12. The van der Waals surface area contributed by atoms with E-state index in [-0.39, 0.29) is 12.0 Å². The lowest BCUT2D eigenvalue weighted by atomic mass is 10.2. The molecule has 0 fully saturated rings. The minimum Gasteiger partial charge on any atom is -0.392 e. The summed E-state index contributed by atoms with van der Waals surface area (Å²) >= 11 is 0. The third-order valence-corrected chi connectivity index (χ3v) is 1.72. The summed E-state index contributed by atoms with van der Waals surface area (Å²) in [6.07, 6.45) is -0.309. The zero-order valence-electron chi connectivity index (χ0n) is 8.12. The first-order chi connectivity index (χ1) is 5.60. The maximum Gasteiger partial charge on any atom is 0.0666 e. The summed E-state index contributed by atoms with van der Waals surface area (Å²) in [6, 6.07) is 2.18. The first-order valence-corrected chi connectivity index (χ1v) is 4.40. The molecule has 0 aliphatic carbocycles. The summed E-state index contributed by atoms with van der Waals surface area (Å²) in [5.41, 5.74) is 0. The fourth-order valence-corrected chi connectivity index (χ4v) is 1.13. The van der Waals surface area contributed by atoms with Crippen LogP contribution in [0.1, 0.15) is 20.8 Å². The van der Waals surface area contributed by atoms with Crippen LogP contribution in [-0.4, -0.2) is 35.7 Å². The second-order valence-electron chi connectivity index (χ2n) is 3.23. The van der Waals surface area contributed by atoms with Gasteiger partial charge in [0.05, 0.1) is 18.1 Å². The normalized spacial score (nSPS) is 15.7. The van der Waals surface area contributed by atoms with Crippen molar-refractivity contribution in [2.75, 3.05) is 19.6 Å². The van der Waals surface area contributed by atoms with Gasteiger partial charge in [-0.3, -0.25) is 4.90 Å². The highest BCUT2D eigenvalue weighted by atomic mass is 16.3. The second kappa shape index (κ2) is 5.99. The van der Waals surface area contributed by atoms with Gasteiger partial charge in [-0.05, 0) is 20.4 Å². The Balaban J connectivity index is 3.76. The molecule has 0 saturated heterocycles. The SMILES string of the molecule is CCN(CC(C)C#N)C[C@H](C)O. The van der Waals surface area contributed by atoms with E-state index >= 15 is 0 Å². The smallest absolute Gasteiger partial charge is 0.0666 e. The van der Waals surface area contributed by atoms with E-state index in [1.165, 1.54) is 0 Å². The van der Waals surface area contributed by atoms with Gasteiger partial charge >= 0.3 is 0 Å². The van der Waals surface area contributed by atoms with Gasteiger partial charge in [-0.2, -0.15) is 5.26 Å². The summed E-state index contributed by atoms with van der Waals surface area (Å²) in [5.74, 6) is 0.0451. The van der Waals surface area contributed by atoms with Gasteiger partial charge in [-0.1, -0.05) is 6.92 Å². The van der Waals surface area contributed by atoms with Crippen LogP contribution < -0.4 is 0 Å². The molecule has 1 unspecified atom stereocenters. The first-order valence-electron chi connectivity index (χ1n) is 4.40. The molecule has 2 atom stereocenters. The third-order valence-electron chi connectivity index (χ3n) is 1.72. The topological polar surface area (TPSA) is 47.3 Å². The predicted molar refractivity (Wildman–Crippen MR) is 48.6 cm³/mol. The van der Waals surface area contributed by atoms with Crippen LogP contribution in [0, 0.1) is 17.2 Å². The zero-order chi connectivity index (χ0) is 9.56. The lowest BCUT2D eigenvalue weighted by molar-refractivity contribution is 0.125. The number of aliphatic hydroxyl groups excluding tert-OH is 1. The molecule has 0 aliphatic rings. The molecule has 0 saturated carbocycles. The van der Waals surface area contributed by atoms with Gasteiger partial charge < -0.3 is 5.11 Å². The molecule has 0 aromatic rings. The van der Waals surface area contributed by atoms with Crippen molar-refractivity contribution in [3.05, 3.63) is 0 Å². The summed E-state index contributed by atoms with van der Waals surface area (Å²) in [5, 5.41) is 17.7. The molecule has 0 bridgehead atoms. The molecular formula is C9H18N2O. The van der Waals surface area contributed by atoms with Gasteiger partial charge in [-0.15, -0.1) is 0 Å². The molecule has 0 heterocycles. The van der Waals surface area contributed by atoms with E-state index in [1.807, 2.05) is 13.8 Å². The summed E-state index contributed by atoms with van der Waals surface area (Å²) in [6.45, 7) is 7.98. The largest absolute Gasteiger partial charge is 0.392 e. The van der Waals surface area contributed by atoms with E-state index in [0.29, 0.717) is 6.54 Å². The van der Waals surface area contributed by atoms with Crippen LogP contribution in [0.15, 0.2) is 0 Å². The molecule has 0 amide bonds. The molecule has 3 heteroatoms. The van der Waals surface area contributed by atoms with Crippen LogP contribution in [0.3, 0.4) is 0 Å². The highest BCUT2D eigenvalue weighted by molar-refractivity contribution is 4.81. The van der Waals surface area contributed by atoms with E-state index in [4.69, 9.17) is 10.4 Å². The summed E-state index contributed by atoms with van der Waals surface area (Å²) in [4.78, 5) is 2.08. The Morgan fingerprint density at radius 2 is 2.00 bits per heavy atom. The minimum atomic E-state index is -0.309. The van der Waals surface area contributed by atoms with E-state index < -0.39 is 0 Å². The van der Waals surface area contributed by atoms with Crippen molar-refractivity contribution in [3.8, 4) is 6.07 Å². The number of hydrogen-bond acceptors (Lipinski definition) is 3. The van der Waals surface area contributed by atoms with Crippen molar-refractivity contribution in [1.82, 2.24) is 4.90 Å². The minimum absolute atomic E-state index is 0.0451. The number of aliphatic hydroxyl groups is 1. The molecular weight excluding hydrogens is 152 g/mol. The van der Waals surface area contributed by atoms with Crippen molar-refractivity contribution in [2.24, 2.45) is 5.92 Å². The van der Waals surface area contributed by atoms with Gasteiger partial charge in [0.2, 0.25) is 0 Å². The Bertz CT molecular complexity index is 151. The van der Waals surface area contributed by atoms with Crippen molar-refractivity contribution < 1.29 is 5.11 Å². The predicted octanol–water partition coefficient (Wildman–Crippen LogP) is 0.849. The second-order valence-corrected chi connectivity index (χ2v) is 3.23. The summed E-state index contributed by atoms with van der Waals surface area (Å²) in [7, 11) is 0. The lowest BCUT2D eigenvalue weighted by Crippen LogP contribution is -2.34. The van der Waals surface area contributed by atoms with Crippen LogP contribution in [0.5, 0.6) is 0 Å². The number of nitriles is 1. The van der Waals surface area contributed by atoms with Crippen molar-refractivity contribution in [1.29, 1.82) is 5.26 Å². The van der Waals surface area contributed by atoms with Crippen molar-refractivity contribution in [3.63, 3.8) is 0 Å². The molecule has 0 aromatic carbocycles. The van der Waals surface area contributed by atoms with Crippen molar-refractivity contribution in [2.45, 2.75) is 26.9 Å². The quantitative estimate of drug-likeness (QED) is 0.665. The molecule has 0 aromatic heterocycles. The monoisotopic (exact) mass is 170 g/mol. The number of nitrogens with zero attached hydrogens (tertiary/aromatic N) is 2. The average molecular weight is 170 g/mol. The average Bonchev–Trinajstić information content (AvgIpc) is 2.02. The molecule has 0 radical (unpaired) electrons. The van der Waals surface area contributed by atoms with E-state index in [1.54, 1.807) is 6.92 Å². The van der Waals surface area contributed by atoms with Crippen LogP contribution >= 0.6 is 0 Å². The molecule has 1 N–H and O–H groups in total. The molecule has 0 aliphatic heterocycles. The third kappa shape index (κ3) is 5.11. The Kier molecular flexibility index (Phi) is 5.69. The van der Waals surface area contributed by atoms with Crippen LogP contribution in [-0.2, 0) is 0 Å². The number of hydrogen-bond donors (Lipinski definition) is 1. The van der Waals surface area contributed by atoms with Gasteiger partial charge in [-0.25, -0.2) is 0 Å². The first kappa shape index (κ1) is 11.4. The van der Waals surface area contributed by atoms with E-state index in [0.717, 1.165) is 13.1 Å². The number of likely N-dealkylation sites (N-methyl/N-ethyl adjacent to an activating group) is 1. The number of rotatable bonds is 5. The van der Waals surface area contributed by atoms with E-state index in [2.05, 4.69) is 11.0 Å². The Hall–Kier alpha value is -0.590. The molecule has 0 spiro atoms. The maximum absolute atomic E-state index is 9.11. The molecule has 0 rings (SSSR count). The molecule has 70 valence electrons. The fraction of sp³-hybridized carbons (Fsp3) is 0.889. The fourth-order valence-electron chi connectivity index (χ4n) is 1.13. The summed E-state index contributed by atoms with van der Waals surface area (Å²) < 4.78 is 0. The highest BCUT2D eigenvalue weighted by Crippen LogP contribution is 1.99. The van der Waals surface area contributed by atoms with Crippen LogP contribution in [0.25, 0.3) is 0 Å².